The molecule has 0 aliphatic heterocycles. The number of rotatable bonds is 9. The summed E-state index contributed by atoms with van der Waals surface area (Å²) in [6.45, 7) is 5.66. The maximum Gasteiger partial charge on any atom is 0.233 e. The van der Waals surface area contributed by atoms with E-state index in [2.05, 4.69) is 5.32 Å². The Labute approximate surface area is 130 Å². The second-order valence-corrected chi connectivity index (χ2v) is 5.91. The van der Waals surface area contributed by atoms with Crippen molar-refractivity contribution in [1.82, 2.24) is 5.32 Å². The smallest absolute Gasteiger partial charge is 0.233 e. The molecular formula is C15H24N2O3S. The molecule has 0 radical (unpaired) electrons. The van der Waals surface area contributed by atoms with E-state index in [9.17, 15) is 4.79 Å². The summed E-state index contributed by atoms with van der Waals surface area (Å²) < 4.78 is 10.4. The standard InChI is InChI=1S/C15H24N2O3S/c1-4-20-12-6-7-13(16)14(10-12)21-11(2)15(18)17-8-5-9-19-3/h6-7,10-11H,4-5,8-9,16H2,1-3H3,(H,17,18). The highest BCUT2D eigenvalue weighted by Gasteiger charge is 2.15. The Bertz CT molecular complexity index is 455. The molecule has 0 fully saturated rings. The third-order valence-electron chi connectivity index (χ3n) is 2.79. The molecule has 1 unspecified atom stereocenters. The number of nitrogens with one attached hydrogen (secondary N) is 1. The van der Waals surface area contributed by atoms with Crippen molar-refractivity contribution in [2.45, 2.75) is 30.4 Å². The number of benzene rings is 1. The first-order valence-electron chi connectivity index (χ1n) is 7.04. The molecule has 1 aromatic rings. The normalized spacial score (nSPS) is 12.0. The third-order valence-corrected chi connectivity index (χ3v) is 3.97. The maximum absolute atomic E-state index is 12.0. The fourth-order valence-electron chi connectivity index (χ4n) is 1.69. The molecule has 118 valence electrons. The van der Waals surface area contributed by atoms with Gasteiger partial charge in [0.05, 0.1) is 11.9 Å². The lowest BCUT2D eigenvalue weighted by Gasteiger charge is -2.14. The third kappa shape index (κ3) is 6.27. The molecule has 1 amide bonds. The topological polar surface area (TPSA) is 73.6 Å². The van der Waals surface area contributed by atoms with Crippen molar-refractivity contribution >= 4 is 23.4 Å². The molecule has 3 N–H and O–H groups in total. The molecule has 0 spiro atoms. The fourth-order valence-corrected chi connectivity index (χ4v) is 2.65. The van der Waals surface area contributed by atoms with Gasteiger partial charge in [-0.3, -0.25) is 4.79 Å². The van der Waals surface area contributed by atoms with Crippen molar-refractivity contribution in [3.8, 4) is 5.75 Å². The average molecular weight is 312 g/mol. The highest BCUT2D eigenvalue weighted by Crippen LogP contribution is 2.32. The number of amides is 1. The van der Waals surface area contributed by atoms with Crippen molar-refractivity contribution in [1.29, 1.82) is 0 Å². The minimum absolute atomic E-state index is 0.00249. The number of ether oxygens (including phenoxy) is 2. The summed E-state index contributed by atoms with van der Waals surface area (Å²) in [7, 11) is 1.65. The number of thioether (sulfide) groups is 1. The van der Waals surface area contributed by atoms with Gasteiger partial charge in [0.1, 0.15) is 5.75 Å². The highest BCUT2D eigenvalue weighted by atomic mass is 32.2. The average Bonchev–Trinajstić information content (AvgIpc) is 2.47. The van der Waals surface area contributed by atoms with Crippen LogP contribution in [0.4, 0.5) is 5.69 Å². The molecule has 1 atom stereocenters. The first kappa shape index (κ1) is 17.7. The van der Waals surface area contributed by atoms with Gasteiger partial charge < -0.3 is 20.5 Å². The van der Waals surface area contributed by atoms with Crippen LogP contribution in [0.15, 0.2) is 23.1 Å². The number of carbonyl (C=O) groups excluding carboxylic acids is 1. The quantitative estimate of drug-likeness (QED) is 0.416. The Morgan fingerprint density at radius 3 is 2.90 bits per heavy atom. The van der Waals surface area contributed by atoms with Crippen LogP contribution in [0.3, 0.4) is 0 Å². The number of methoxy groups -OCH3 is 1. The molecule has 0 saturated heterocycles. The monoisotopic (exact) mass is 312 g/mol. The van der Waals surface area contributed by atoms with Gasteiger partial charge in [0.15, 0.2) is 0 Å². The van der Waals surface area contributed by atoms with Crippen LogP contribution in [0.5, 0.6) is 5.75 Å². The van der Waals surface area contributed by atoms with E-state index >= 15 is 0 Å². The second-order valence-electron chi connectivity index (χ2n) is 4.53. The molecule has 0 bridgehead atoms. The summed E-state index contributed by atoms with van der Waals surface area (Å²) in [5, 5.41) is 2.67. The molecule has 5 nitrogen and oxygen atoms in total. The molecule has 21 heavy (non-hydrogen) atoms. The van der Waals surface area contributed by atoms with Crippen LogP contribution in [0.25, 0.3) is 0 Å². The van der Waals surface area contributed by atoms with Crippen molar-refractivity contribution < 1.29 is 14.3 Å². The zero-order valence-electron chi connectivity index (χ0n) is 12.8. The van der Waals surface area contributed by atoms with E-state index < -0.39 is 0 Å². The van der Waals surface area contributed by atoms with E-state index in [0.29, 0.717) is 25.4 Å². The first-order chi connectivity index (χ1) is 10.1. The lowest BCUT2D eigenvalue weighted by molar-refractivity contribution is -0.120. The van der Waals surface area contributed by atoms with Crippen LogP contribution in [-0.2, 0) is 9.53 Å². The maximum atomic E-state index is 12.0. The van der Waals surface area contributed by atoms with Gasteiger partial charge in [-0.2, -0.15) is 0 Å². The zero-order valence-corrected chi connectivity index (χ0v) is 13.7. The number of nitrogens with two attached hydrogens (primary N) is 1. The Balaban J connectivity index is 2.54. The molecule has 0 aliphatic rings. The molecule has 0 heterocycles. The van der Waals surface area contributed by atoms with Gasteiger partial charge in [-0.25, -0.2) is 0 Å². The highest BCUT2D eigenvalue weighted by molar-refractivity contribution is 8.00. The van der Waals surface area contributed by atoms with E-state index in [0.717, 1.165) is 17.1 Å². The van der Waals surface area contributed by atoms with E-state index in [-0.39, 0.29) is 11.2 Å². The summed E-state index contributed by atoms with van der Waals surface area (Å²) in [5.41, 5.74) is 6.60. The van der Waals surface area contributed by atoms with Gasteiger partial charge in [-0.05, 0) is 38.5 Å². The van der Waals surface area contributed by atoms with Crippen LogP contribution >= 0.6 is 11.8 Å². The van der Waals surface area contributed by atoms with E-state index in [4.69, 9.17) is 15.2 Å². The molecule has 1 aromatic carbocycles. The molecule has 6 heteroatoms. The van der Waals surface area contributed by atoms with E-state index in [1.807, 2.05) is 26.0 Å². The Morgan fingerprint density at radius 1 is 1.48 bits per heavy atom. The van der Waals surface area contributed by atoms with Crippen LogP contribution in [0.2, 0.25) is 0 Å². The van der Waals surface area contributed by atoms with Gasteiger partial charge in [0.25, 0.3) is 0 Å². The second kappa shape index (κ2) is 9.52. The SMILES string of the molecule is CCOc1ccc(N)c(SC(C)C(=O)NCCCOC)c1. The molecule has 0 aromatic heterocycles. The molecular weight excluding hydrogens is 288 g/mol. The zero-order chi connectivity index (χ0) is 15.7. The summed E-state index contributed by atoms with van der Waals surface area (Å²) in [6.07, 6.45) is 0.807. The molecule has 1 rings (SSSR count). The van der Waals surface area contributed by atoms with Crippen molar-refractivity contribution in [2.24, 2.45) is 0 Å². The number of hydrogen-bond acceptors (Lipinski definition) is 5. The van der Waals surface area contributed by atoms with Crippen LogP contribution < -0.4 is 15.8 Å². The summed E-state index contributed by atoms with van der Waals surface area (Å²) >= 11 is 1.43. The largest absolute Gasteiger partial charge is 0.494 e. The van der Waals surface area contributed by atoms with Crippen LogP contribution in [0, 0.1) is 0 Å². The summed E-state index contributed by atoms with van der Waals surface area (Å²) in [4.78, 5) is 12.8. The minimum atomic E-state index is -0.216. The molecule has 0 saturated carbocycles. The lowest BCUT2D eigenvalue weighted by Crippen LogP contribution is -2.32. The van der Waals surface area contributed by atoms with Crippen molar-refractivity contribution in [3.63, 3.8) is 0 Å². The van der Waals surface area contributed by atoms with Gasteiger partial charge in [0.2, 0.25) is 5.91 Å². The Kier molecular flexibility index (Phi) is 8.00. The number of anilines is 1. The molecule has 0 aliphatic carbocycles. The van der Waals surface area contributed by atoms with E-state index in [1.54, 1.807) is 13.2 Å². The summed E-state index contributed by atoms with van der Waals surface area (Å²) in [5.74, 6) is 0.763. The minimum Gasteiger partial charge on any atom is -0.494 e. The van der Waals surface area contributed by atoms with E-state index in [1.165, 1.54) is 11.8 Å². The number of hydrogen-bond donors (Lipinski definition) is 2. The predicted octanol–water partition coefficient (Wildman–Crippen LogP) is 2.30. The van der Waals surface area contributed by atoms with Crippen LogP contribution in [-0.4, -0.2) is 38.0 Å². The first-order valence-corrected chi connectivity index (χ1v) is 7.92. The fraction of sp³-hybridized carbons (Fsp3) is 0.533. The van der Waals surface area contributed by atoms with Crippen LogP contribution in [0.1, 0.15) is 20.3 Å². The lowest BCUT2D eigenvalue weighted by atomic mass is 10.3. The number of nitrogen functional groups attached to an aromatic ring is 1. The van der Waals surface area contributed by atoms with Crippen molar-refractivity contribution in [2.75, 3.05) is 32.6 Å². The van der Waals surface area contributed by atoms with Gasteiger partial charge >= 0.3 is 0 Å². The Morgan fingerprint density at radius 2 is 2.24 bits per heavy atom. The van der Waals surface area contributed by atoms with Gasteiger partial charge in [-0.15, -0.1) is 11.8 Å². The summed E-state index contributed by atoms with van der Waals surface area (Å²) in [6, 6.07) is 5.51. The Hall–Kier alpha value is -1.40. The number of carbonyl (C=O) groups is 1. The van der Waals surface area contributed by atoms with Crippen molar-refractivity contribution in [3.05, 3.63) is 18.2 Å². The van der Waals surface area contributed by atoms with Gasteiger partial charge in [0, 0.05) is 30.8 Å². The van der Waals surface area contributed by atoms with Gasteiger partial charge in [-0.1, -0.05) is 0 Å². The predicted molar refractivity (Wildman–Crippen MR) is 86.8 cm³/mol.